The van der Waals surface area contributed by atoms with Gasteiger partial charge in [0.2, 0.25) is 0 Å². The molecule has 31 heavy (non-hydrogen) atoms. The maximum Gasteiger partial charge on any atom is 3.00 e. The summed E-state index contributed by atoms with van der Waals surface area (Å²) in [5.74, 6) is -0.432. The zero-order valence-electron chi connectivity index (χ0n) is 16.7. The Labute approximate surface area is 189 Å². The van der Waals surface area contributed by atoms with Gasteiger partial charge in [0.25, 0.3) is 11.8 Å². The summed E-state index contributed by atoms with van der Waals surface area (Å²) in [5, 5.41) is 8.09. The van der Waals surface area contributed by atoms with Crippen molar-refractivity contribution in [3.63, 3.8) is 0 Å². The van der Waals surface area contributed by atoms with E-state index in [2.05, 4.69) is 36.0 Å². The minimum atomic E-state index is -0.216. The minimum Gasteiger partial charge on any atom is -0.490 e. The average Bonchev–Trinajstić information content (AvgIpc) is 2.81. The third kappa shape index (κ3) is 6.63. The second-order valence-electron chi connectivity index (χ2n) is 6.10. The molecule has 1 radical (unpaired) electrons. The summed E-state index contributed by atoms with van der Waals surface area (Å²) in [5.41, 5.74) is 10.9. The van der Waals surface area contributed by atoms with Crippen LogP contribution in [0.1, 0.15) is 36.4 Å². The summed E-state index contributed by atoms with van der Waals surface area (Å²) in [4.78, 5) is 32.3. The first-order valence-electron chi connectivity index (χ1n) is 8.95. The fourth-order valence-corrected chi connectivity index (χ4v) is 2.30. The summed E-state index contributed by atoms with van der Waals surface area (Å²) in [6.45, 7) is 3.46. The van der Waals surface area contributed by atoms with Gasteiger partial charge in [-0.3, -0.25) is 19.6 Å². The number of amides is 2. The van der Waals surface area contributed by atoms with Crippen LogP contribution in [0.2, 0.25) is 0 Å². The normalized spacial score (nSPS) is 11.3. The van der Waals surface area contributed by atoms with E-state index in [-0.39, 0.29) is 28.9 Å². The predicted octanol–water partition coefficient (Wildman–Crippen LogP) is 3.17. The van der Waals surface area contributed by atoms with E-state index in [1.54, 1.807) is 81.1 Å². The summed E-state index contributed by atoms with van der Waals surface area (Å²) in [6, 6.07) is 11.9. The molecular weight excluding hydrogens is 438 g/mol. The molecule has 155 valence electrons. The van der Waals surface area contributed by atoms with Gasteiger partial charge in [0, 0.05) is 36.2 Å². The maximum atomic E-state index is 10.0. The van der Waals surface area contributed by atoms with E-state index in [9.17, 15) is 9.59 Å². The molecule has 3 heterocycles. The standard InChI is InChI=1S/C21H19N7O2.Fe/c1-14(25-27-20(29)16-6-10-22-11-7-16)18-4-3-5-19(24-18)15(2)26-28-21(30)17-8-12-23-13-9-17;/h3-13H,1-2H3,(H2,24,27,28,29,30);/q;+3. The van der Waals surface area contributed by atoms with Gasteiger partial charge in [0.15, 0.2) is 0 Å². The second-order valence-corrected chi connectivity index (χ2v) is 6.10. The Morgan fingerprint density at radius 3 is 1.48 bits per heavy atom. The van der Waals surface area contributed by atoms with Crippen LogP contribution in [-0.4, -0.2) is 47.8 Å². The number of hydrogen-bond donors (Lipinski definition) is 0. The predicted molar refractivity (Wildman–Crippen MR) is 116 cm³/mol. The van der Waals surface area contributed by atoms with Crippen molar-refractivity contribution in [2.75, 3.05) is 0 Å². The quantitative estimate of drug-likeness (QED) is 0.244. The monoisotopic (exact) mass is 457 g/mol. The third-order valence-electron chi connectivity index (χ3n) is 3.96. The number of rotatable bonds is 6. The molecule has 0 unspecified atom stereocenters. The van der Waals surface area contributed by atoms with Gasteiger partial charge < -0.3 is 21.1 Å². The Kier molecular flexibility index (Phi) is 8.68. The molecule has 0 aromatic carbocycles. The molecule has 3 aromatic rings. The topological polar surface area (TPSA) is 134 Å². The fourth-order valence-electron chi connectivity index (χ4n) is 2.30. The number of hydrogen-bond acceptors (Lipinski definition) is 5. The van der Waals surface area contributed by atoms with E-state index in [0.29, 0.717) is 33.9 Å². The molecule has 9 nitrogen and oxygen atoms in total. The van der Waals surface area contributed by atoms with Crippen molar-refractivity contribution in [1.29, 1.82) is 0 Å². The van der Waals surface area contributed by atoms with Crippen LogP contribution in [0.15, 0.2) is 77.5 Å². The Morgan fingerprint density at radius 1 is 0.710 bits per heavy atom. The maximum absolute atomic E-state index is 10.0. The smallest absolute Gasteiger partial charge is 0.490 e. The third-order valence-corrected chi connectivity index (χ3v) is 3.96. The van der Waals surface area contributed by atoms with Gasteiger partial charge in [-0.15, -0.1) is 0 Å². The first-order valence-corrected chi connectivity index (χ1v) is 8.95. The molecule has 0 aliphatic carbocycles. The molecule has 0 aliphatic rings. The number of pyridine rings is 3. The summed E-state index contributed by atoms with van der Waals surface area (Å²) >= 11 is 0. The van der Waals surface area contributed by atoms with Crippen molar-refractivity contribution in [3.05, 3.63) is 101 Å². The van der Waals surface area contributed by atoms with Crippen LogP contribution < -0.4 is 0 Å². The summed E-state index contributed by atoms with van der Waals surface area (Å²) in [6.07, 6.45) is 6.22. The number of aromatic nitrogens is 3. The zero-order chi connectivity index (χ0) is 21.3. The van der Waals surface area contributed by atoms with Gasteiger partial charge >= 0.3 is 17.1 Å². The molecule has 0 spiro atoms. The SMILES string of the molecule is CC(=N[N-]C(=[OH+])c1ccncc1)c1cccc(C(C)=N[N-]C(=[OH+])c2ccncc2)n1.[Fe+3]. The van der Waals surface area contributed by atoms with Crippen molar-refractivity contribution in [2.45, 2.75) is 13.8 Å². The van der Waals surface area contributed by atoms with Crippen molar-refractivity contribution < 1.29 is 26.7 Å². The first-order chi connectivity index (χ1) is 14.5. The van der Waals surface area contributed by atoms with Crippen LogP contribution in [0.3, 0.4) is 0 Å². The van der Waals surface area contributed by atoms with Crippen LogP contribution in [0.4, 0.5) is 0 Å². The first kappa shape index (κ1) is 23.5. The molecule has 2 N–H and O–H groups in total. The molecule has 3 rings (SSSR count). The van der Waals surface area contributed by atoms with Crippen LogP contribution in [-0.2, 0) is 17.1 Å². The number of carbonyl (C=O) groups excluding carboxylic acids is 2. The van der Waals surface area contributed by atoms with E-state index in [1.807, 2.05) is 0 Å². The van der Waals surface area contributed by atoms with Crippen molar-refractivity contribution in [1.82, 2.24) is 15.0 Å². The van der Waals surface area contributed by atoms with E-state index >= 15 is 0 Å². The molecule has 0 aliphatic heterocycles. The van der Waals surface area contributed by atoms with E-state index in [0.717, 1.165) is 0 Å². The van der Waals surface area contributed by atoms with Gasteiger partial charge in [-0.2, -0.15) is 0 Å². The molecule has 10 heteroatoms. The minimum absolute atomic E-state index is 0. The second kappa shape index (κ2) is 11.4. The molecule has 0 saturated carbocycles. The Morgan fingerprint density at radius 2 is 1.10 bits per heavy atom. The van der Waals surface area contributed by atoms with Crippen LogP contribution >= 0.6 is 0 Å². The van der Waals surface area contributed by atoms with E-state index < -0.39 is 0 Å². The molecule has 0 saturated heterocycles. The molecular formula is C21H19FeN7O2+3. The molecule has 0 bridgehead atoms. The Bertz CT molecular complexity index is 1020. The average molecular weight is 457 g/mol. The van der Waals surface area contributed by atoms with Gasteiger partial charge in [0.1, 0.15) is 0 Å². The van der Waals surface area contributed by atoms with E-state index in [1.165, 1.54) is 0 Å². The van der Waals surface area contributed by atoms with Crippen LogP contribution in [0.5, 0.6) is 0 Å². The largest absolute Gasteiger partial charge is 3.00 e. The van der Waals surface area contributed by atoms with Gasteiger partial charge in [0.05, 0.1) is 22.5 Å². The van der Waals surface area contributed by atoms with Gasteiger partial charge in [-0.1, -0.05) is 6.07 Å². The molecule has 2 amide bonds. The summed E-state index contributed by atoms with van der Waals surface area (Å²) < 4.78 is 0. The number of nitrogens with zero attached hydrogens (tertiary/aromatic N) is 7. The summed E-state index contributed by atoms with van der Waals surface area (Å²) in [7, 11) is 0. The van der Waals surface area contributed by atoms with Crippen LogP contribution in [0, 0.1) is 0 Å². The van der Waals surface area contributed by atoms with Crippen molar-refractivity contribution in [3.8, 4) is 0 Å². The van der Waals surface area contributed by atoms with Gasteiger partial charge in [-0.05, 0) is 50.2 Å². The molecule has 0 atom stereocenters. The van der Waals surface area contributed by atoms with E-state index in [4.69, 9.17) is 0 Å². The van der Waals surface area contributed by atoms with Gasteiger partial charge in [-0.25, -0.2) is 4.98 Å². The zero-order valence-corrected chi connectivity index (χ0v) is 17.8. The molecule has 3 aromatic heterocycles. The Hall–Kier alpha value is -3.75. The van der Waals surface area contributed by atoms with Crippen LogP contribution in [0.25, 0.3) is 10.9 Å². The van der Waals surface area contributed by atoms with Crippen molar-refractivity contribution >= 4 is 23.2 Å². The molecule has 0 fully saturated rings. The Balaban J connectivity index is 0.00000341. The van der Waals surface area contributed by atoms with Crippen molar-refractivity contribution in [2.24, 2.45) is 10.2 Å². The fraction of sp³-hybridized carbons (Fsp3) is 0.0952.